The number of rotatable bonds is 7. The average molecular weight is 296 g/mol. The summed E-state index contributed by atoms with van der Waals surface area (Å²) in [5, 5.41) is 21.7. The first kappa shape index (κ1) is 13.8. The van der Waals surface area contributed by atoms with Crippen LogP contribution in [0.25, 0.3) is 0 Å². The zero-order chi connectivity index (χ0) is 14.3. The molecule has 0 spiro atoms. The molecular weight excluding hydrogens is 276 g/mol. The van der Waals surface area contributed by atoms with Gasteiger partial charge < -0.3 is 10.0 Å². The van der Waals surface area contributed by atoms with Gasteiger partial charge in [0.25, 0.3) is 0 Å². The molecule has 1 aromatic rings. The summed E-state index contributed by atoms with van der Waals surface area (Å²) in [6.45, 7) is 3.51. The second-order valence-corrected chi connectivity index (χ2v) is 7.13. The van der Waals surface area contributed by atoms with E-state index in [4.69, 9.17) is 0 Å². The van der Waals surface area contributed by atoms with Crippen molar-refractivity contribution in [3.05, 3.63) is 21.1 Å². The lowest BCUT2D eigenvalue weighted by Gasteiger charge is -2.22. The van der Waals surface area contributed by atoms with E-state index in [1.54, 1.807) is 6.92 Å². The summed E-state index contributed by atoms with van der Waals surface area (Å²) in [5.41, 5.74) is 0.159. The van der Waals surface area contributed by atoms with Gasteiger partial charge in [0.2, 0.25) is 0 Å². The van der Waals surface area contributed by atoms with Crippen LogP contribution in [0.2, 0.25) is 0 Å². The van der Waals surface area contributed by atoms with Crippen LogP contribution in [0.5, 0.6) is 0 Å². The number of aliphatic hydroxyl groups excluding tert-OH is 1. The van der Waals surface area contributed by atoms with Crippen LogP contribution in [0.4, 0.5) is 10.7 Å². The number of hydrogen-bond acceptors (Lipinski definition) is 5. The van der Waals surface area contributed by atoms with E-state index in [1.807, 2.05) is 0 Å². The molecule has 110 valence electrons. The zero-order valence-electron chi connectivity index (χ0n) is 11.6. The fourth-order valence-corrected chi connectivity index (χ4v) is 3.50. The molecule has 1 heterocycles. The molecule has 2 fully saturated rings. The number of thiophene rings is 1. The molecule has 0 aromatic carbocycles. The summed E-state index contributed by atoms with van der Waals surface area (Å²) < 4.78 is 0. The predicted molar refractivity (Wildman–Crippen MR) is 79.3 cm³/mol. The van der Waals surface area contributed by atoms with Crippen molar-refractivity contribution in [1.82, 2.24) is 0 Å². The fourth-order valence-electron chi connectivity index (χ4n) is 2.42. The van der Waals surface area contributed by atoms with E-state index < -0.39 is 6.10 Å². The highest BCUT2D eigenvalue weighted by Gasteiger charge is 2.33. The van der Waals surface area contributed by atoms with Crippen LogP contribution in [0.15, 0.2) is 6.07 Å². The predicted octanol–water partition coefficient (Wildman–Crippen LogP) is 3.34. The van der Waals surface area contributed by atoms with Crippen LogP contribution in [-0.4, -0.2) is 23.1 Å². The van der Waals surface area contributed by atoms with Crippen LogP contribution < -0.4 is 4.90 Å². The van der Waals surface area contributed by atoms with Gasteiger partial charge in [-0.1, -0.05) is 0 Å². The summed E-state index contributed by atoms with van der Waals surface area (Å²) in [7, 11) is 0. The standard InChI is InChI=1S/C14H20N2O3S/c1-9(17)13-6-12(16(18)19)14(20-13)15(7-10-2-3-10)8-11-4-5-11/h6,9-11,17H,2-5,7-8H2,1H3. The molecule has 0 bridgehead atoms. The van der Waals surface area contributed by atoms with Crippen molar-refractivity contribution in [2.45, 2.75) is 38.7 Å². The Bertz CT molecular complexity index is 493. The second-order valence-electron chi connectivity index (χ2n) is 6.06. The molecule has 1 N–H and O–H groups in total. The number of hydrogen-bond donors (Lipinski definition) is 1. The van der Waals surface area contributed by atoms with Gasteiger partial charge in [-0.05, 0) is 44.4 Å². The van der Waals surface area contributed by atoms with Crippen LogP contribution >= 0.6 is 11.3 Å². The van der Waals surface area contributed by atoms with Gasteiger partial charge in [0.15, 0.2) is 5.00 Å². The molecule has 0 radical (unpaired) electrons. The molecule has 1 atom stereocenters. The Morgan fingerprint density at radius 3 is 2.35 bits per heavy atom. The lowest BCUT2D eigenvalue weighted by atomic mass is 10.3. The Balaban J connectivity index is 1.87. The van der Waals surface area contributed by atoms with Gasteiger partial charge in [-0.15, -0.1) is 11.3 Å². The first-order chi connectivity index (χ1) is 9.54. The Kier molecular flexibility index (Phi) is 3.69. The molecule has 2 aliphatic rings. The van der Waals surface area contributed by atoms with E-state index >= 15 is 0 Å². The summed E-state index contributed by atoms with van der Waals surface area (Å²) in [5.74, 6) is 1.40. The van der Waals surface area contributed by atoms with Crippen molar-refractivity contribution in [2.24, 2.45) is 11.8 Å². The summed E-state index contributed by atoms with van der Waals surface area (Å²) in [4.78, 5) is 13.8. The van der Waals surface area contributed by atoms with Gasteiger partial charge in [-0.2, -0.15) is 0 Å². The summed E-state index contributed by atoms with van der Waals surface area (Å²) in [6, 6.07) is 1.54. The van der Waals surface area contributed by atoms with Gasteiger partial charge in [0.1, 0.15) is 0 Å². The van der Waals surface area contributed by atoms with Gasteiger partial charge in [0, 0.05) is 24.0 Å². The molecule has 2 aliphatic carbocycles. The SMILES string of the molecule is CC(O)c1cc([N+](=O)[O-])c(N(CC2CC2)CC2CC2)s1. The largest absolute Gasteiger partial charge is 0.388 e. The second kappa shape index (κ2) is 5.33. The minimum atomic E-state index is -0.642. The van der Waals surface area contributed by atoms with Crippen molar-refractivity contribution in [2.75, 3.05) is 18.0 Å². The zero-order valence-corrected chi connectivity index (χ0v) is 12.4. The minimum absolute atomic E-state index is 0.159. The van der Waals surface area contributed by atoms with Crippen molar-refractivity contribution in [1.29, 1.82) is 0 Å². The van der Waals surface area contributed by atoms with Crippen molar-refractivity contribution < 1.29 is 10.0 Å². The maximum Gasteiger partial charge on any atom is 0.304 e. The summed E-state index contributed by atoms with van der Waals surface area (Å²) >= 11 is 1.38. The number of aliphatic hydroxyl groups is 1. The van der Waals surface area contributed by atoms with E-state index in [9.17, 15) is 15.2 Å². The van der Waals surface area contributed by atoms with E-state index in [-0.39, 0.29) is 10.6 Å². The number of anilines is 1. The Morgan fingerprint density at radius 1 is 1.40 bits per heavy atom. The molecule has 3 rings (SSSR count). The molecular formula is C14H20N2O3S. The van der Waals surface area contributed by atoms with Crippen LogP contribution in [0, 0.1) is 22.0 Å². The van der Waals surface area contributed by atoms with Gasteiger partial charge in [0.05, 0.1) is 11.0 Å². The molecule has 0 saturated heterocycles. The lowest BCUT2D eigenvalue weighted by molar-refractivity contribution is -0.383. The van der Waals surface area contributed by atoms with Crippen molar-refractivity contribution >= 4 is 22.0 Å². The summed E-state index contributed by atoms with van der Waals surface area (Å²) in [6.07, 6.45) is 4.32. The third-order valence-electron chi connectivity index (χ3n) is 3.96. The van der Waals surface area contributed by atoms with Gasteiger partial charge >= 0.3 is 5.69 Å². The van der Waals surface area contributed by atoms with Crippen LogP contribution in [-0.2, 0) is 0 Å². The molecule has 20 heavy (non-hydrogen) atoms. The third-order valence-corrected chi connectivity index (χ3v) is 5.31. The topological polar surface area (TPSA) is 66.6 Å². The lowest BCUT2D eigenvalue weighted by Crippen LogP contribution is -2.27. The fraction of sp³-hybridized carbons (Fsp3) is 0.714. The normalized spacial score (nSPS) is 19.9. The van der Waals surface area contributed by atoms with E-state index in [0.29, 0.717) is 16.7 Å². The number of nitro groups is 1. The number of nitrogens with zero attached hydrogens (tertiary/aromatic N) is 2. The highest BCUT2D eigenvalue weighted by molar-refractivity contribution is 7.16. The van der Waals surface area contributed by atoms with Gasteiger partial charge in [-0.3, -0.25) is 10.1 Å². The molecule has 0 amide bonds. The molecule has 1 aromatic heterocycles. The smallest absolute Gasteiger partial charge is 0.304 e. The van der Waals surface area contributed by atoms with Crippen LogP contribution in [0.3, 0.4) is 0 Å². The molecule has 0 aliphatic heterocycles. The Morgan fingerprint density at radius 2 is 1.95 bits per heavy atom. The van der Waals surface area contributed by atoms with E-state index in [1.165, 1.54) is 43.1 Å². The minimum Gasteiger partial charge on any atom is -0.388 e. The van der Waals surface area contributed by atoms with E-state index in [0.717, 1.165) is 18.1 Å². The maximum absolute atomic E-state index is 11.3. The first-order valence-electron chi connectivity index (χ1n) is 7.25. The van der Waals surface area contributed by atoms with Crippen molar-refractivity contribution in [3.8, 4) is 0 Å². The molecule has 6 heteroatoms. The molecule has 1 unspecified atom stereocenters. The highest BCUT2D eigenvalue weighted by Crippen LogP contribution is 2.44. The maximum atomic E-state index is 11.3. The molecule has 2 saturated carbocycles. The Labute approximate surface area is 122 Å². The van der Waals surface area contributed by atoms with Crippen molar-refractivity contribution in [3.63, 3.8) is 0 Å². The highest BCUT2D eigenvalue weighted by atomic mass is 32.1. The molecule has 5 nitrogen and oxygen atoms in total. The van der Waals surface area contributed by atoms with Gasteiger partial charge in [-0.25, -0.2) is 0 Å². The van der Waals surface area contributed by atoms with Crippen LogP contribution in [0.1, 0.15) is 43.6 Å². The van der Waals surface area contributed by atoms with E-state index in [2.05, 4.69) is 4.90 Å². The monoisotopic (exact) mass is 296 g/mol. The quantitative estimate of drug-likeness (QED) is 0.619. The average Bonchev–Trinajstić information content (AvgIpc) is 3.30. The Hall–Kier alpha value is -1.14. The third kappa shape index (κ3) is 3.12. The first-order valence-corrected chi connectivity index (χ1v) is 8.07.